The fraction of sp³-hybridized carbons (Fsp3) is 0.182. The van der Waals surface area contributed by atoms with Gasteiger partial charge in [0.1, 0.15) is 0 Å². The van der Waals surface area contributed by atoms with Crippen molar-refractivity contribution < 1.29 is 0 Å². The molecule has 0 aliphatic heterocycles. The quantitative estimate of drug-likeness (QED) is 0.816. The number of aromatic amines is 1. The van der Waals surface area contributed by atoms with Crippen molar-refractivity contribution >= 4 is 21.6 Å². The predicted molar refractivity (Wildman–Crippen MR) is 66.9 cm³/mol. The number of H-pyrrole nitrogens is 1. The van der Waals surface area contributed by atoms with Gasteiger partial charge in [-0.1, -0.05) is 41.1 Å². The monoisotopic (exact) mass is 236 g/mol. The lowest BCUT2D eigenvalue weighted by molar-refractivity contribution is 1.07. The van der Waals surface area contributed by atoms with Gasteiger partial charge in [0, 0.05) is 17.6 Å². The summed E-state index contributed by atoms with van der Waals surface area (Å²) in [6.45, 7) is 2.20. The molecule has 4 heteroatoms. The van der Waals surface area contributed by atoms with Gasteiger partial charge in [0.2, 0.25) is 0 Å². The van der Waals surface area contributed by atoms with Crippen molar-refractivity contribution in [3.63, 3.8) is 0 Å². The Balaban J connectivity index is 1.90. The average Bonchev–Trinajstić information content (AvgIpc) is 2.80. The highest BCUT2D eigenvalue weighted by Gasteiger charge is 2.06. The molecule has 1 N–H and O–H groups in total. The van der Waals surface area contributed by atoms with Gasteiger partial charge in [-0.3, -0.25) is 0 Å². The molecule has 1 atom stereocenters. The summed E-state index contributed by atoms with van der Waals surface area (Å²) in [5.74, 6) is 0. The fourth-order valence-electron chi connectivity index (χ4n) is 1.19. The second-order valence-corrected chi connectivity index (χ2v) is 5.66. The van der Waals surface area contributed by atoms with Crippen molar-refractivity contribution in [3.8, 4) is 0 Å². The average molecular weight is 236 g/mol. The first kappa shape index (κ1) is 10.6. The number of hydrogen-bond donors (Lipinski definition) is 1. The second-order valence-electron chi connectivity index (χ2n) is 3.13. The van der Waals surface area contributed by atoms with E-state index in [4.69, 9.17) is 0 Å². The van der Waals surface area contributed by atoms with E-state index in [0.717, 1.165) is 5.16 Å². The maximum atomic E-state index is 4.17. The molecule has 0 fully saturated rings. The summed E-state index contributed by atoms with van der Waals surface area (Å²) in [6.07, 6.45) is 3.62. The van der Waals surface area contributed by atoms with Crippen molar-refractivity contribution in [2.45, 2.75) is 17.3 Å². The van der Waals surface area contributed by atoms with E-state index in [-0.39, 0.29) is 0 Å². The van der Waals surface area contributed by atoms with E-state index >= 15 is 0 Å². The molecule has 0 aliphatic rings. The summed E-state index contributed by atoms with van der Waals surface area (Å²) in [7, 11) is 3.49. The van der Waals surface area contributed by atoms with Gasteiger partial charge in [-0.2, -0.15) is 0 Å². The molecule has 0 saturated heterocycles. The van der Waals surface area contributed by atoms with Crippen molar-refractivity contribution in [2.75, 3.05) is 0 Å². The molecule has 2 rings (SSSR count). The molecule has 1 aromatic carbocycles. The highest BCUT2D eigenvalue weighted by molar-refractivity contribution is 8.76. The van der Waals surface area contributed by atoms with Crippen LogP contribution in [0.4, 0.5) is 0 Å². The highest BCUT2D eigenvalue weighted by Crippen LogP contribution is 2.40. The molecular formula is C11H12N2S2. The molecule has 78 valence electrons. The van der Waals surface area contributed by atoms with Gasteiger partial charge in [0.05, 0.1) is 0 Å². The minimum atomic E-state index is 0.473. The Bertz CT molecular complexity index is 386. The Morgan fingerprint density at radius 3 is 2.73 bits per heavy atom. The molecule has 0 amide bonds. The smallest absolute Gasteiger partial charge is 0.176 e. The second kappa shape index (κ2) is 5.28. The first-order chi connectivity index (χ1) is 7.36. The van der Waals surface area contributed by atoms with Crippen LogP contribution in [0.5, 0.6) is 0 Å². The number of benzene rings is 1. The minimum Gasteiger partial charge on any atom is -0.339 e. The predicted octanol–water partition coefficient (Wildman–Crippen LogP) is 3.91. The lowest BCUT2D eigenvalue weighted by Crippen LogP contribution is -1.84. The number of aromatic nitrogens is 2. The van der Waals surface area contributed by atoms with E-state index in [1.54, 1.807) is 17.0 Å². The van der Waals surface area contributed by atoms with Gasteiger partial charge in [-0.25, -0.2) is 4.98 Å². The van der Waals surface area contributed by atoms with Crippen LogP contribution in [0.15, 0.2) is 47.9 Å². The third-order valence-corrected chi connectivity index (χ3v) is 4.68. The van der Waals surface area contributed by atoms with Crippen molar-refractivity contribution in [1.29, 1.82) is 0 Å². The zero-order valence-corrected chi connectivity index (χ0v) is 10.0. The Labute approximate surface area is 97.3 Å². The van der Waals surface area contributed by atoms with Gasteiger partial charge in [0.15, 0.2) is 5.16 Å². The third kappa shape index (κ3) is 3.04. The molecule has 0 aliphatic carbocycles. The van der Waals surface area contributed by atoms with Crippen LogP contribution in [0.1, 0.15) is 17.7 Å². The van der Waals surface area contributed by atoms with E-state index in [9.17, 15) is 0 Å². The zero-order valence-electron chi connectivity index (χ0n) is 8.38. The summed E-state index contributed by atoms with van der Waals surface area (Å²) in [5, 5.41) is 1.43. The first-order valence-corrected chi connectivity index (χ1v) is 6.95. The fourth-order valence-corrected chi connectivity index (χ4v) is 3.23. The topological polar surface area (TPSA) is 28.7 Å². The first-order valence-electron chi connectivity index (χ1n) is 4.74. The molecular weight excluding hydrogens is 224 g/mol. The zero-order chi connectivity index (χ0) is 10.5. The van der Waals surface area contributed by atoms with Crippen molar-refractivity contribution in [3.05, 3.63) is 48.3 Å². The number of imidazole rings is 1. The maximum absolute atomic E-state index is 4.17. The van der Waals surface area contributed by atoms with Gasteiger partial charge < -0.3 is 4.98 Å². The number of hydrogen-bond acceptors (Lipinski definition) is 3. The summed E-state index contributed by atoms with van der Waals surface area (Å²) in [4.78, 5) is 7.24. The lowest BCUT2D eigenvalue weighted by Gasteiger charge is -2.08. The van der Waals surface area contributed by atoms with Crippen LogP contribution in [0, 0.1) is 0 Å². The Kier molecular flexibility index (Phi) is 3.75. The highest BCUT2D eigenvalue weighted by atomic mass is 33.1. The molecule has 2 aromatic rings. The summed E-state index contributed by atoms with van der Waals surface area (Å²) >= 11 is 0. The van der Waals surface area contributed by atoms with E-state index in [1.165, 1.54) is 5.56 Å². The maximum Gasteiger partial charge on any atom is 0.176 e. The summed E-state index contributed by atoms with van der Waals surface area (Å²) < 4.78 is 0. The van der Waals surface area contributed by atoms with E-state index in [1.807, 2.05) is 23.1 Å². The summed E-state index contributed by atoms with van der Waals surface area (Å²) in [5.41, 5.74) is 1.35. The number of nitrogens with zero attached hydrogens (tertiary/aromatic N) is 1. The molecule has 0 saturated carbocycles. The molecule has 1 unspecified atom stereocenters. The van der Waals surface area contributed by atoms with Crippen LogP contribution in [-0.4, -0.2) is 9.97 Å². The van der Waals surface area contributed by atoms with Crippen molar-refractivity contribution in [2.24, 2.45) is 0 Å². The molecule has 1 aromatic heterocycles. The van der Waals surface area contributed by atoms with Gasteiger partial charge >= 0.3 is 0 Å². The van der Waals surface area contributed by atoms with Gasteiger partial charge in [-0.15, -0.1) is 0 Å². The SMILES string of the molecule is CC(SSc1ncc[nH]1)c1ccccc1. The van der Waals surface area contributed by atoms with E-state index in [2.05, 4.69) is 41.2 Å². The lowest BCUT2D eigenvalue weighted by atomic mass is 10.2. The molecule has 2 nitrogen and oxygen atoms in total. The largest absolute Gasteiger partial charge is 0.339 e. The Morgan fingerprint density at radius 2 is 2.07 bits per heavy atom. The molecule has 15 heavy (non-hydrogen) atoms. The molecule has 0 bridgehead atoms. The number of nitrogens with one attached hydrogen (secondary N) is 1. The van der Waals surface area contributed by atoms with Gasteiger partial charge in [0.25, 0.3) is 0 Å². The van der Waals surface area contributed by atoms with Gasteiger partial charge in [-0.05, 0) is 23.3 Å². The Hall–Kier alpha value is -0.870. The third-order valence-electron chi connectivity index (χ3n) is 2.01. The Morgan fingerprint density at radius 1 is 1.27 bits per heavy atom. The standard InChI is InChI=1S/C11H12N2S2/c1-9(10-5-3-2-4-6-10)14-15-11-12-7-8-13-11/h2-9H,1H3,(H,12,13). The van der Waals surface area contributed by atoms with Crippen LogP contribution >= 0.6 is 21.6 Å². The summed E-state index contributed by atoms with van der Waals surface area (Å²) in [6, 6.07) is 10.5. The number of rotatable bonds is 4. The van der Waals surface area contributed by atoms with E-state index in [0.29, 0.717) is 5.25 Å². The molecule has 0 radical (unpaired) electrons. The minimum absolute atomic E-state index is 0.473. The normalized spacial score (nSPS) is 12.6. The van der Waals surface area contributed by atoms with E-state index < -0.39 is 0 Å². The van der Waals surface area contributed by atoms with Crippen LogP contribution in [0.2, 0.25) is 0 Å². The van der Waals surface area contributed by atoms with Crippen LogP contribution in [0.25, 0.3) is 0 Å². The molecule has 1 heterocycles. The van der Waals surface area contributed by atoms with Crippen LogP contribution < -0.4 is 0 Å². The van der Waals surface area contributed by atoms with Crippen molar-refractivity contribution in [1.82, 2.24) is 9.97 Å². The molecule has 0 spiro atoms. The van der Waals surface area contributed by atoms with Crippen LogP contribution in [0.3, 0.4) is 0 Å². The van der Waals surface area contributed by atoms with Crippen LogP contribution in [-0.2, 0) is 0 Å².